The Morgan fingerprint density at radius 2 is 1.91 bits per heavy atom. The third kappa shape index (κ3) is 6.05. The molecule has 130 valence electrons. The molecule has 8 heteroatoms. The van der Waals surface area contributed by atoms with Crippen molar-refractivity contribution in [2.24, 2.45) is 0 Å². The van der Waals surface area contributed by atoms with Gasteiger partial charge in [0.2, 0.25) is 0 Å². The van der Waals surface area contributed by atoms with Gasteiger partial charge in [-0.15, -0.1) is 0 Å². The lowest BCUT2D eigenvalue weighted by Crippen LogP contribution is -2.46. The van der Waals surface area contributed by atoms with E-state index >= 15 is 0 Å². The molecule has 23 heavy (non-hydrogen) atoms. The summed E-state index contributed by atoms with van der Waals surface area (Å²) in [5.74, 6) is -0.996. The number of amides is 2. The van der Waals surface area contributed by atoms with Gasteiger partial charge in [0, 0.05) is 13.1 Å². The van der Waals surface area contributed by atoms with Gasteiger partial charge in [-0.25, -0.2) is 9.18 Å². The van der Waals surface area contributed by atoms with Crippen LogP contribution in [0.5, 0.6) is 0 Å². The van der Waals surface area contributed by atoms with Gasteiger partial charge in [-0.05, 0) is 38.5 Å². The molecule has 0 saturated heterocycles. The molecular weight excluding hydrogens is 316 g/mol. The van der Waals surface area contributed by atoms with E-state index in [1.54, 1.807) is 6.92 Å². The summed E-state index contributed by atoms with van der Waals surface area (Å²) in [4.78, 5) is 13.3. The Balaban J connectivity index is 2.84. The lowest BCUT2D eigenvalue weighted by atomic mass is 10.1. The van der Waals surface area contributed by atoms with E-state index < -0.39 is 35.7 Å². The van der Waals surface area contributed by atoms with Gasteiger partial charge in [0.05, 0.1) is 17.7 Å². The molecule has 4 nitrogen and oxygen atoms in total. The number of alkyl halides is 3. The molecule has 0 aromatic heterocycles. The average molecular weight is 336 g/mol. The minimum Gasteiger partial charge on any atom is -0.389 e. The van der Waals surface area contributed by atoms with Gasteiger partial charge in [-0.2, -0.15) is 13.2 Å². The Labute approximate surface area is 132 Å². The lowest BCUT2D eigenvalue weighted by molar-refractivity contribution is -0.138. The molecule has 0 radical (unpaired) electrons. The maximum absolute atomic E-state index is 13.0. The van der Waals surface area contributed by atoms with Crippen LogP contribution in [0.3, 0.4) is 0 Å². The van der Waals surface area contributed by atoms with E-state index in [2.05, 4.69) is 5.32 Å². The molecule has 0 aliphatic carbocycles. The van der Waals surface area contributed by atoms with Gasteiger partial charge in [-0.3, -0.25) is 0 Å². The first-order valence-corrected chi connectivity index (χ1v) is 7.05. The molecule has 1 rings (SSSR count). The van der Waals surface area contributed by atoms with Crippen molar-refractivity contribution in [2.45, 2.75) is 39.1 Å². The van der Waals surface area contributed by atoms with Crippen molar-refractivity contribution in [1.82, 2.24) is 10.2 Å². The highest BCUT2D eigenvalue weighted by molar-refractivity contribution is 5.74. The highest BCUT2D eigenvalue weighted by atomic mass is 19.4. The number of carbonyl (C=O) groups excluding carboxylic acids is 1. The SMILES string of the molecule is CCN(CC(C)(C)O)C(=O)NCc1ccc(F)cc1C(F)(F)F. The maximum Gasteiger partial charge on any atom is 0.416 e. The van der Waals surface area contributed by atoms with Gasteiger partial charge in [0.15, 0.2) is 0 Å². The predicted molar refractivity (Wildman–Crippen MR) is 77.2 cm³/mol. The van der Waals surface area contributed by atoms with Crippen LogP contribution < -0.4 is 5.32 Å². The molecule has 0 bridgehead atoms. The molecular formula is C15H20F4N2O2. The molecule has 2 N–H and O–H groups in total. The number of aliphatic hydroxyl groups is 1. The molecule has 1 aromatic carbocycles. The molecule has 0 atom stereocenters. The Morgan fingerprint density at radius 3 is 2.39 bits per heavy atom. The van der Waals surface area contributed by atoms with Crippen molar-refractivity contribution in [3.05, 3.63) is 35.1 Å². The first-order valence-electron chi connectivity index (χ1n) is 7.05. The van der Waals surface area contributed by atoms with E-state index in [4.69, 9.17) is 0 Å². The number of nitrogens with one attached hydrogen (secondary N) is 1. The number of hydrogen-bond acceptors (Lipinski definition) is 2. The summed E-state index contributed by atoms with van der Waals surface area (Å²) >= 11 is 0. The Hall–Kier alpha value is -1.83. The van der Waals surface area contributed by atoms with Gasteiger partial charge in [0.25, 0.3) is 0 Å². The third-order valence-corrected chi connectivity index (χ3v) is 3.05. The minimum absolute atomic E-state index is 0.0326. The molecule has 0 aliphatic rings. The number of likely N-dealkylation sites (N-methyl/N-ethyl adjacent to an activating group) is 1. The fraction of sp³-hybridized carbons (Fsp3) is 0.533. The number of carbonyl (C=O) groups is 1. The second kappa shape index (κ2) is 7.16. The van der Waals surface area contributed by atoms with Gasteiger partial charge >= 0.3 is 12.2 Å². The Morgan fingerprint density at radius 1 is 1.30 bits per heavy atom. The van der Waals surface area contributed by atoms with E-state index in [1.807, 2.05) is 0 Å². The van der Waals surface area contributed by atoms with Crippen LogP contribution in [0.15, 0.2) is 18.2 Å². The van der Waals surface area contributed by atoms with Crippen molar-refractivity contribution >= 4 is 6.03 Å². The van der Waals surface area contributed by atoms with Crippen LogP contribution in [0, 0.1) is 5.82 Å². The first-order chi connectivity index (χ1) is 10.4. The normalized spacial score (nSPS) is 12.2. The van der Waals surface area contributed by atoms with Crippen LogP contribution in [0.2, 0.25) is 0 Å². The summed E-state index contributed by atoms with van der Waals surface area (Å²) in [5.41, 5.74) is -2.48. The fourth-order valence-corrected chi connectivity index (χ4v) is 2.04. The van der Waals surface area contributed by atoms with Crippen molar-refractivity contribution in [3.63, 3.8) is 0 Å². The van der Waals surface area contributed by atoms with Crippen LogP contribution in [-0.4, -0.2) is 34.7 Å². The molecule has 1 aromatic rings. The summed E-state index contributed by atoms with van der Waals surface area (Å²) in [6.45, 7) is 4.65. The highest BCUT2D eigenvalue weighted by Crippen LogP contribution is 2.32. The molecule has 0 unspecified atom stereocenters. The van der Waals surface area contributed by atoms with Crippen molar-refractivity contribution in [2.75, 3.05) is 13.1 Å². The van der Waals surface area contributed by atoms with Crippen molar-refractivity contribution in [1.29, 1.82) is 0 Å². The van der Waals surface area contributed by atoms with Crippen LogP contribution >= 0.6 is 0 Å². The van der Waals surface area contributed by atoms with Crippen LogP contribution in [0.4, 0.5) is 22.4 Å². The number of urea groups is 1. The summed E-state index contributed by atoms with van der Waals surface area (Å²) in [6, 6.07) is 1.69. The largest absolute Gasteiger partial charge is 0.416 e. The standard InChI is InChI=1S/C15H20F4N2O2/c1-4-21(9-14(2,3)23)13(22)20-8-10-5-6-11(16)7-12(10)15(17,18)19/h5-7,23H,4,8-9H2,1-3H3,(H,20,22). The van der Waals surface area contributed by atoms with Crippen LogP contribution in [-0.2, 0) is 12.7 Å². The van der Waals surface area contributed by atoms with Gasteiger partial charge in [-0.1, -0.05) is 6.07 Å². The quantitative estimate of drug-likeness (QED) is 0.812. The van der Waals surface area contributed by atoms with E-state index in [0.29, 0.717) is 6.07 Å². The number of benzene rings is 1. The summed E-state index contributed by atoms with van der Waals surface area (Å²) in [7, 11) is 0. The molecule has 0 spiro atoms. The first kappa shape index (κ1) is 19.2. The molecule has 0 saturated carbocycles. The zero-order valence-corrected chi connectivity index (χ0v) is 13.2. The molecule has 0 fully saturated rings. The average Bonchev–Trinajstić information content (AvgIpc) is 2.41. The van der Waals surface area contributed by atoms with E-state index in [1.165, 1.54) is 18.7 Å². The topological polar surface area (TPSA) is 52.6 Å². The smallest absolute Gasteiger partial charge is 0.389 e. The summed E-state index contributed by atoms with van der Waals surface area (Å²) in [5, 5.41) is 12.1. The summed E-state index contributed by atoms with van der Waals surface area (Å²) < 4.78 is 51.7. The second-order valence-corrected chi connectivity index (χ2v) is 5.78. The third-order valence-electron chi connectivity index (χ3n) is 3.05. The highest BCUT2D eigenvalue weighted by Gasteiger charge is 2.34. The Kier molecular flexibility index (Phi) is 5.98. The monoisotopic (exact) mass is 336 g/mol. The number of hydrogen-bond donors (Lipinski definition) is 2. The van der Waals surface area contributed by atoms with Crippen LogP contribution in [0.1, 0.15) is 31.9 Å². The minimum atomic E-state index is -4.71. The Bertz CT molecular complexity index is 553. The van der Waals surface area contributed by atoms with Crippen LogP contribution in [0.25, 0.3) is 0 Å². The number of nitrogens with zero attached hydrogens (tertiary/aromatic N) is 1. The van der Waals surface area contributed by atoms with Crippen molar-refractivity contribution in [3.8, 4) is 0 Å². The van der Waals surface area contributed by atoms with E-state index in [-0.39, 0.29) is 18.7 Å². The maximum atomic E-state index is 13.0. The number of rotatable bonds is 5. The zero-order valence-electron chi connectivity index (χ0n) is 13.2. The lowest BCUT2D eigenvalue weighted by Gasteiger charge is -2.28. The predicted octanol–water partition coefficient (Wildman–Crippen LogP) is 3.15. The fourth-order valence-electron chi connectivity index (χ4n) is 2.04. The molecule has 0 heterocycles. The van der Waals surface area contributed by atoms with Gasteiger partial charge < -0.3 is 15.3 Å². The molecule has 2 amide bonds. The second-order valence-electron chi connectivity index (χ2n) is 5.78. The van der Waals surface area contributed by atoms with Gasteiger partial charge in [0.1, 0.15) is 5.82 Å². The zero-order chi connectivity index (χ0) is 17.8. The van der Waals surface area contributed by atoms with E-state index in [9.17, 15) is 27.5 Å². The van der Waals surface area contributed by atoms with E-state index in [0.717, 1.165) is 12.1 Å². The van der Waals surface area contributed by atoms with Crippen molar-refractivity contribution < 1.29 is 27.5 Å². The number of halogens is 4. The summed E-state index contributed by atoms with van der Waals surface area (Å²) in [6.07, 6.45) is -4.71. The molecule has 0 aliphatic heterocycles.